The van der Waals surface area contributed by atoms with E-state index in [0.29, 0.717) is 0 Å². The predicted octanol–water partition coefficient (Wildman–Crippen LogP) is 2.52. The maximum Gasteiger partial charge on any atom is 0.0363 e. The number of nitrogens with one attached hydrogen (secondary N) is 1. The average molecular weight is 279 g/mol. The lowest BCUT2D eigenvalue weighted by Crippen LogP contribution is -2.19. The van der Waals surface area contributed by atoms with E-state index in [-0.39, 0.29) is 18.4 Å². The third kappa shape index (κ3) is 4.12. The highest BCUT2D eigenvalue weighted by Crippen LogP contribution is 2.22. The van der Waals surface area contributed by atoms with Crippen molar-refractivity contribution < 1.29 is 0 Å². The Kier molecular flexibility index (Phi) is 5.60. The number of aromatic nitrogens is 1. The molecule has 2 rings (SSSR count). The van der Waals surface area contributed by atoms with Crippen LogP contribution in [-0.2, 0) is 6.54 Å². The molecule has 1 heterocycles. The topological polar surface area (TPSA) is 77.0 Å². The van der Waals surface area contributed by atoms with Crippen molar-refractivity contribution >= 4 is 23.8 Å². The number of rotatable bonds is 4. The molecule has 5 N–H and O–H groups in total. The van der Waals surface area contributed by atoms with Crippen LogP contribution in [0, 0.1) is 0 Å². The van der Waals surface area contributed by atoms with Gasteiger partial charge in [-0.3, -0.25) is 4.98 Å². The number of hydrogen-bond acceptors (Lipinski definition) is 4. The second kappa shape index (κ2) is 6.97. The lowest BCUT2D eigenvalue weighted by molar-refractivity contribution is 0.576. The molecule has 1 aromatic carbocycles. The van der Waals surface area contributed by atoms with E-state index in [4.69, 9.17) is 11.5 Å². The molecule has 0 saturated heterocycles. The van der Waals surface area contributed by atoms with E-state index in [1.54, 1.807) is 12.4 Å². The molecule has 1 aromatic heterocycles. The largest absolute Gasteiger partial charge is 0.399 e. The number of nitrogens with zero attached hydrogens (tertiary/aromatic N) is 1. The Bertz CT molecular complexity index is 516. The second-order valence-corrected chi connectivity index (χ2v) is 4.35. The lowest BCUT2D eigenvalue weighted by Gasteiger charge is -2.17. The minimum Gasteiger partial charge on any atom is -0.399 e. The fourth-order valence-electron chi connectivity index (χ4n) is 1.85. The minimum absolute atomic E-state index is 0. The first-order chi connectivity index (χ1) is 8.66. The van der Waals surface area contributed by atoms with Gasteiger partial charge in [0.1, 0.15) is 0 Å². The van der Waals surface area contributed by atoms with Crippen molar-refractivity contribution in [3.8, 4) is 0 Å². The van der Waals surface area contributed by atoms with Gasteiger partial charge in [-0.25, -0.2) is 0 Å². The van der Waals surface area contributed by atoms with Gasteiger partial charge in [-0.2, -0.15) is 0 Å². The maximum absolute atomic E-state index is 5.95. The number of pyridine rings is 1. The SMILES string of the molecule is CC(NCc1ccncc1)c1cc(N)ccc1N.Cl. The molecule has 0 amide bonds. The molecule has 0 aliphatic heterocycles. The molecule has 102 valence electrons. The smallest absolute Gasteiger partial charge is 0.0363 e. The molecule has 0 fully saturated rings. The monoisotopic (exact) mass is 278 g/mol. The van der Waals surface area contributed by atoms with Crippen LogP contribution in [0.3, 0.4) is 0 Å². The van der Waals surface area contributed by atoms with Crippen LogP contribution < -0.4 is 16.8 Å². The Hall–Kier alpha value is -1.78. The Morgan fingerprint density at radius 3 is 2.53 bits per heavy atom. The number of benzene rings is 1. The molecule has 0 spiro atoms. The molecule has 4 nitrogen and oxygen atoms in total. The minimum atomic E-state index is 0. The third-order valence-corrected chi connectivity index (χ3v) is 2.94. The summed E-state index contributed by atoms with van der Waals surface area (Å²) in [6.45, 7) is 2.85. The summed E-state index contributed by atoms with van der Waals surface area (Å²) < 4.78 is 0. The molecule has 2 aromatic rings. The Labute approximate surface area is 119 Å². The van der Waals surface area contributed by atoms with Crippen molar-refractivity contribution in [3.05, 3.63) is 53.9 Å². The van der Waals surface area contributed by atoms with Gasteiger partial charge in [-0.05, 0) is 48.4 Å². The van der Waals surface area contributed by atoms with Gasteiger partial charge in [0.15, 0.2) is 0 Å². The Balaban J connectivity index is 0.00000180. The van der Waals surface area contributed by atoms with Gasteiger partial charge in [0.2, 0.25) is 0 Å². The van der Waals surface area contributed by atoms with Gasteiger partial charge in [-0.1, -0.05) is 0 Å². The molecule has 1 atom stereocenters. The summed E-state index contributed by atoms with van der Waals surface area (Å²) in [7, 11) is 0. The molecule has 5 heteroatoms. The van der Waals surface area contributed by atoms with E-state index < -0.39 is 0 Å². The number of nitrogen functional groups attached to an aromatic ring is 2. The first kappa shape index (κ1) is 15.3. The van der Waals surface area contributed by atoms with Gasteiger partial charge >= 0.3 is 0 Å². The van der Waals surface area contributed by atoms with Crippen LogP contribution in [-0.4, -0.2) is 4.98 Å². The zero-order chi connectivity index (χ0) is 13.0. The van der Waals surface area contributed by atoms with E-state index in [0.717, 1.165) is 23.5 Å². The standard InChI is InChI=1S/C14H18N4.ClH/c1-10(13-8-12(15)2-3-14(13)16)18-9-11-4-6-17-7-5-11;/h2-8,10,18H,9,15-16H2,1H3;1H. The summed E-state index contributed by atoms with van der Waals surface area (Å²) in [6.07, 6.45) is 3.58. The van der Waals surface area contributed by atoms with Gasteiger partial charge in [0.25, 0.3) is 0 Å². The molecule has 0 bridgehead atoms. The molecule has 1 unspecified atom stereocenters. The first-order valence-corrected chi connectivity index (χ1v) is 5.94. The number of nitrogens with two attached hydrogens (primary N) is 2. The molecule has 0 radical (unpaired) electrons. The van der Waals surface area contributed by atoms with Crippen molar-refractivity contribution in [3.63, 3.8) is 0 Å². The third-order valence-electron chi connectivity index (χ3n) is 2.94. The van der Waals surface area contributed by atoms with Crippen LogP contribution >= 0.6 is 12.4 Å². The number of anilines is 2. The Morgan fingerprint density at radius 1 is 1.16 bits per heavy atom. The summed E-state index contributed by atoms with van der Waals surface area (Å²) in [5.41, 5.74) is 15.5. The fourth-order valence-corrected chi connectivity index (χ4v) is 1.85. The molecule has 0 aliphatic rings. The Morgan fingerprint density at radius 2 is 1.84 bits per heavy atom. The molecule has 0 saturated carbocycles. The van der Waals surface area contributed by atoms with Crippen LogP contribution in [0.15, 0.2) is 42.7 Å². The van der Waals surface area contributed by atoms with Crippen LogP contribution in [0.5, 0.6) is 0 Å². The second-order valence-electron chi connectivity index (χ2n) is 4.35. The lowest BCUT2D eigenvalue weighted by atomic mass is 10.1. The van der Waals surface area contributed by atoms with Crippen molar-refractivity contribution in [2.24, 2.45) is 0 Å². The summed E-state index contributed by atoms with van der Waals surface area (Å²) in [5.74, 6) is 0. The van der Waals surface area contributed by atoms with Crippen LogP contribution in [0.4, 0.5) is 11.4 Å². The highest BCUT2D eigenvalue weighted by atomic mass is 35.5. The highest BCUT2D eigenvalue weighted by Gasteiger charge is 2.08. The molecule has 0 aliphatic carbocycles. The summed E-state index contributed by atoms with van der Waals surface area (Å²) in [5, 5.41) is 3.42. The van der Waals surface area contributed by atoms with Crippen molar-refractivity contribution in [1.82, 2.24) is 10.3 Å². The summed E-state index contributed by atoms with van der Waals surface area (Å²) >= 11 is 0. The van der Waals surface area contributed by atoms with Crippen molar-refractivity contribution in [1.29, 1.82) is 0 Å². The number of halogens is 1. The van der Waals surface area contributed by atoms with Crippen LogP contribution in [0.1, 0.15) is 24.1 Å². The average Bonchev–Trinajstić information content (AvgIpc) is 2.40. The van der Waals surface area contributed by atoms with Crippen molar-refractivity contribution in [2.45, 2.75) is 19.5 Å². The predicted molar refractivity (Wildman–Crippen MR) is 82.0 cm³/mol. The molecular weight excluding hydrogens is 260 g/mol. The zero-order valence-electron chi connectivity index (χ0n) is 10.8. The highest BCUT2D eigenvalue weighted by molar-refractivity contribution is 5.85. The molecule has 19 heavy (non-hydrogen) atoms. The molecular formula is C14H19ClN4. The van der Waals surface area contributed by atoms with Crippen molar-refractivity contribution in [2.75, 3.05) is 11.5 Å². The van der Waals surface area contributed by atoms with Crippen LogP contribution in [0.2, 0.25) is 0 Å². The van der Waals surface area contributed by atoms with E-state index in [1.807, 2.05) is 30.3 Å². The van der Waals surface area contributed by atoms with E-state index in [2.05, 4.69) is 17.2 Å². The maximum atomic E-state index is 5.95. The van der Waals surface area contributed by atoms with Gasteiger partial charge in [0, 0.05) is 36.4 Å². The first-order valence-electron chi connectivity index (χ1n) is 5.94. The summed E-state index contributed by atoms with van der Waals surface area (Å²) in [4.78, 5) is 3.99. The fraction of sp³-hybridized carbons (Fsp3) is 0.214. The zero-order valence-corrected chi connectivity index (χ0v) is 11.7. The number of hydrogen-bond donors (Lipinski definition) is 3. The van der Waals surface area contributed by atoms with E-state index in [1.165, 1.54) is 5.56 Å². The van der Waals surface area contributed by atoms with Gasteiger partial charge < -0.3 is 16.8 Å². The quantitative estimate of drug-likeness (QED) is 0.751. The van der Waals surface area contributed by atoms with E-state index in [9.17, 15) is 0 Å². The van der Waals surface area contributed by atoms with Gasteiger partial charge in [0.05, 0.1) is 0 Å². The van der Waals surface area contributed by atoms with E-state index >= 15 is 0 Å². The van der Waals surface area contributed by atoms with Crippen LogP contribution in [0.25, 0.3) is 0 Å². The summed E-state index contributed by atoms with van der Waals surface area (Å²) in [6, 6.07) is 9.70. The normalized spacial score (nSPS) is 11.6. The van der Waals surface area contributed by atoms with Gasteiger partial charge in [-0.15, -0.1) is 12.4 Å².